The molecule has 35 heavy (non-hydrogen) atoms. The van der Waals surface area contributed by atoms with Gasteiger partial charge in [0, 0.05) is 45.8 Å². The fourth-order valence-electron chi connectivity index (χ4n) is 4.13. The van der Waals surface area contributed by atoms with E-state index in [0.717, 1.165) is 30.6 Å². The quantitative estimate of drug-likeness (QED) is 0.438. The Kier molecular flexibility index (Phi) is 9.22. The van der Waals surface area contributed by atoms with Crippen LogP contribution in [0.2, 0.25) is 0 Å². The number of hydrogen-bond donors (Lipinski definition) is 1. The molecule has 2 atom stereocenters. The van der Waals surface area contributed by atoms with Crippen molar-refractivity contribution in [1.29, 1.82) is 0 Å². The SMILES string of the molecule is COCCCOc1cc(CN(C(=O)[C@H]2CNC[C@@H](COc3ccccc3)O2)C2CC2)ccc1OC. The first-order valence-electron chi connectivity index (χ1n) is 12.3. The zero-order chi connectivity index (χ0) is 24.5. The van der Waals surface area contributed by atoms with Crippen LogP contribution in [0.3, 0.4) is 0 Å². The standard InChI is InChI=1S/C27H36N2O6/c1-31-13-6-14-33-25-15-20(9-12-24(25)32-2)18-29(21-10-11-21)27(30)26-17-28-16-23(35-26)19-34-22-7-4-3-5-8-22/h3-5,7-9,12,15,21,23,26,28H,6,10-11,13-14,16-19H2,1-2H3/t23-,26+/m0/s1. The predicted octanol–water partition coefficient (Wildman–Crippen LogP) is 3.04. The molecule has 1 amide bonds. The summed E-state index contributed by atoms with van der Waals surface area (Å²) in [6.45, 7) is 3.23. The molecular formula is C27H36N2O6. The second kappa shape index (κ2) is 12.8. The maximum absolute atomic E-state index is 13.5. The van der Waals surface area contributed by atoms with Gasteiger partial charge in [-0.05, 0) is 42.7 Å². The number of rotatable bonds is 13. The van der Waals surface area contributed by atoms with Gasteiger partial charge in [0.1, 0.15) is 24.6 Å². The number of para-hydroxylation sites is 1. The Balaban J connectivity index is 1.37. The summed E-state index contributed by atoms with van der Waals surface area (Å²) in [5.41, 5.74) is 1.00. The van der Waals surface area contributed by atoms with Crippen LogP contribution in [0.15, 0.2) is 48.5 Å². The maximum atomic E-state index is 13.5. The van der Waals surface area contributed by atoms with E-state index in [0.29, 0.717) is 51.0 Å². The summed E-state index contributed by atoms with van der Waals surface area (Å²) in [4.78, 5) is 15.5. The van der Waals surface area contributed by atoms with E-state index in [1.807, 2.05) is 53.4 Å². The molecule has 4 rings (SSSR count). The van der Waals surface area contributed by atoms with Crippen molar-refractivity contribution >= 4 is 5.91 Å². The van der Waals surface area contributed by atoms with Crippen molar-refractivity contribution in [3.05, 3.63) is 54.1 Å². The third kappa shape index (κ3) is 7.34. The molecule has 0 unspecified atom stereocenters. The fourth-order valence-corrected chi connectivity index (χ4v) is 4.13. The Morgan fingerprint density at radius 2 is 1.86 bits per heavy atom. The van der Waals surface area contributed by atoms with Crippen LogP contribution < -0.4 is 19.5 Å². The Hall–Kier alpha value is -2.81. The average molecular weight is 485 g/mol. The summed E-state index contributed by atoms with van der Waals surface area (Å²) in [6, 6.07) is 15.7. The van der Waals surface area contributed by atoms with Gasteiger partial charge in [0.05, 0.1) is 13.7 Å². The van der Waals surface area contributed by atoms with Gasteiger partial charge in [-0.15, -0.1) is 0 Å². The third-order valence-electron chi connectivity index (χ3n) is 6.12. The van der Waals surface area contributed by atoms with Crippen molar-refractivity contribution in [2.75, 3.05) is 47.1 Å². The van der Waals surface area contributed by atoms with Crippen LogP contribution in [-0.2, 0) is 20.8 Å². The molecule has 2 fully saturated rings. The van der Waals surface area contributed by atoms with Crippen LogP contribution in [0.5, 0.6) is 17.2 Å². The molecule has 1 heterocycles. The summed E-state index contributed by atoms with van der Waals surface area (Å²) in [5.74, 6) is 2.17. The molecule has 2 aromatic carbocycles. The zero-order valence-corrected chi connectivity index (χ0v) is 20.6. The van der Waals surface area contributed by atoms with E-state index in [1.54, 1.807) is 14.2 Å². The minimum Gasteiger partial charge on any atom is -0.493 e. The van der Waals surface area contributed by atoms with Gasteiger partial charge in [-0.25, -0.2) is 0 Å². The molecular weight excluding hydrogens is 448 g/mol. The summed E-state index contributed by atoms with van der Waals surface area (Å²) in [6.07, 6.45) is 2.10. The molecule has 1 saturated carbocycles. The Morgan fingerprint density at radius 1 is 1.03 bits per heavy atom. The second-order valence-electron chi connectivity index (χ2n) is 8.91. The molecule has 1 N–H and O–H groups in total. The highest BCUT2D eigenvalue weighted by molar-refractivity contribution is 5.82. The number of hydrogen-bond acceptors (Lipinski definition) is 7. The van der Waals surface area contributed by atoms with E-state index in [1.165, 1.54) is 0 Å². The lowest BCUT2D eigenvalue weighted by atomic mass is 10.1. The second-order valence-corrected chi connectivity index (χ2v) is 8.91. The average Bonchev–Trinajstić information content (AvgIpc) is 3.74. The third-order valence-corrected chi connectivity index (χ3v) is 6.12. The zero-order valence-electron chi connectivity index (χ0n) is 20.6. The minimum absolute atomic E-state index is 0.0165. The molecule has 2 aliphatic rings. The van der Waals surface area contributed by atoms with Crippen LogP contribution >= 0.6 is 0 Å². The van der Waals surface area contributed by atoms with Crippen LogP contribution in [0, 0.1) is 0 Å². The number of nitrogens with zero attached hydrogens (tertiary/aromatic N) is 1. The van der Waals surface area contributed by atoms with Crippen LogP contribution in [0.4, 0.5) is 0 Å². The summed E-state index contributed by atoms with van der Waals surface area (Å²) < 4.78 is 28.5. The minimum atomic E-state index is -0.531. The number of amides is 1. The smallest absolute Gasteiger partial charge is 0.253 e. The largest absolute Gasteiger partial charge is 0.493 e. The summed E-state index contributed by atoms with van der Waals surface area (Å²) in [5, 5.41) is 3.34. The Labute approximate surface area is 207 Å². The Morgan fingerprint density at radius 3 is 2.60 bits per heavy atom. The molecule has 1 aliphatic heterocycles. The molecule has 1 saturated heterocycles. The highest BCUT2D eigenvalue weighted by atomic mass is 16.5. The van der Waals surface area contributed by atoms with Gasteiger partial charge in [-0.1, -0.05) is 24.3 Å². The van der Waals surface area contributed by atoms with E-state index < -0.39 is 6.10 Å². The van der Waals surface area contributed by atoms with E-state index in [9.17, 15) is 4.79 Å². The van der Waals surface area contributed by atoms with Crippen molar-refractivity contribution in [2.45, 2.75) is 44.1 Å². The number of carbonyl (C=O) groups excluding carboxylic acids is 1. The van der Waals surface area contributed by atoms with Gasteiger partial charge < -0.3 is 33.9 Å². The lowest BCUT2D eigenvalue weighted by Gasteiger charge is -2.34. The first-order chi connectivity index (χ1) is 17.2. The van der Waals surface area contributed by atoms with Gasteiger partial charge in [0.25, 0.3) is 5.91 Å². The lowest BCUT2D eigenvalue weighted by molar-refractivity contribution is -0.153. The van der Waals surface area contributed by atoms with Crippen molar-refractivity contribution in [3.63, 3.8) is 0 Å². The molecule has 2 aromatic rings. The number of nitrogens with one attached hydrogen (secondary N) is 1. The van der Waals surface area contributed by atoms with Gasteiger partial charge in [-0.3, -0.25) is 4.79 Å². The van der Waals surface area contributed by atoms with E-state index in [2.05, 4.69) is 5.32 Å². The van der Waals surface area contributed by atoms with Crippen molar-refractivity contribution in [1.82, 2.24) is 10.2 Å². The predicted molar refractivity (Wildman–Crippen MR) is 132 cm³/mol. The Bertz CT molecular complexity index is 937. The number of methoxy groups -OCH3 is 2. The highest BCUT2D eigenvalue weighted by Gasteiger charge is 2.38. The summed E-state index contributed by atoms with van der Waals surface area (Å²) in [7, 11) is 3.30. The van der Waals surface area contributed by atoms with Crippen LogP contribution in [0.1, 0.15) is 24.8 Å². The first kappa shape index (κ1) is 25.3. The van der Waals surface area contributed by atoms with E-state index >= 15 is 0 Å². The molecule has 0 bridgehead atoms. The summed E-state index contributed by atoms with van der Waals surface area (Å²) >= 11 is 0. The normalized spacial score (nSPS) is 19.7. The maximum Gasteiger partial charge on any atom is 0.253 e. The molecule has 190 valence electrons. The monoisotopic (exact) mass is 484 g/mol. The molecule has 1 aliphatic carbocycles. The molecule has 8 nitrogen and oxygen atoms in total. The molecule has 0 aromatic heterocycles. The van der Waals surface area contributed by atoms with Gasteiger partial charge >= 0.3 is 0 Å². The van der Waals surface area contributed by atoms with E-state index in [-0.39, 0.29) is 18.1 Å². The van der Waals surface area contributed by atoms with Gasteiger partial charge in [0.2, 0.25) is 0 Å². The number of carbonyl (C=O) groups is 1. The fraction of sp³-hybridized carbons (Fsp3) is 0.519. The van der Waals surface area contributed by atoms with Crippen molar-refractivity contribution in [3.8, 4) is 17.2 Å². The van der Waals surface area contributed by atoms with Gasteiger partial charge in [0.15, 0.2) is 11.5 Å². The number of benzene rings is 2. The van der Waals surface area contributed by atoms with Crippen LogP contribution in [0.25, 0.3) is 0 Å². The number of morpholine rings is 1. The molecule has 8 heteroatoms. The molecule has 0 spiro atoms. The number of ether oxygens (including phenoxy) is 5. The topological polar surface area (TPSA) is 78.5 Å². The van der Waals surface area contributed by atoms with Crippen molar-refractivity contribution < 1.29 is 28.5 Å². The lowest BCUT2D eigenvalue weighted by Crippen LogP contribution is -2.54. The first-order valence-corrected chi connectivity index (χ1v) is 12.3. The van der Waals surface area contributed by atoms with Crippen molar-refractivity contribution in [2.24, 2.45) is 0 Å². The molecule has 0 radical (unpaired) electrons. The van der Waals surface area contributed by atoms with E-state index in [4.69, 9.17) is 23.7 Å². The van der Waals surface area contributed by atoms with Crippen LogP contribution in [-0.4, -0.2) is 76.2 Å². The highest BCUT2D eigenvalue weighted by Crippen LogP contribution is 2.33. The van der Waals surface area contributed by atoms with Gasteiger partial charge in [-0.2, -0.15) is 0 Å².